The zero-order valence-corrected chi connectivity index (χ0v) is 16.0. The van der Waals surface area contributed by atoms with Crippen LogP contribution >= 0.6 is 22.9 Å². The molecule has 0 saturated heterocycles. The summed E-state index contributed by atoms with van der Waals surface area (Å²) in [4.78, 5) is 31.6. The van der Waals surface area contributed by atoms with Gasteiger partial charge in [0, 0.05) is 29.4 Å². The molecular formula is C20H15ClN2O3S. The van der Waals surface area contributed by atoms with Crippen molar-refractivity contribution >= 4 is 40.5 Å². The highest BCUT2D eigenvalue weighted by Gasteiger charge is 2.28. The van der Waals surface area contributed by atoms with Gasteiger partial charge < -0.3 is 9.64 Å². The van der Waals surface area contributed by atoms with E-state index in [0.29, 0.717) is 17.3 Å². The molecule has 0 fully saturated rings. The molecular weight excluding hydrogens is 384 g/mol. The van der Waals surface area contributed by atoms with Crippen molar-refractivity contribution in [3.8, 4) is 16.3 Å². The molecule has 0 bridgehead atoms. The Balaban J connectivity index is 1.59. The normalized spacial score (nSPS) is 13.4. The number of aromatic nitrogens is 1. The molecule has 0 N–H and O–H groups in total. The van der Waals surface area contributed by atoms with Crippen LogP contribution in [0.4, 0.5) is 5.69 Å². The van der Waals surface area contributed by atoms with E-state index in [0.717, 1.165) is 27.3 Å². The molecule has 0 saturated carbocycles. The topological polar surface area (TPSA) is 59.5 Å². The predicted octanol–water partition coefficient (Wildman–Crippen LogP) is 4.59. The van der Waals surface area contributed by atoms with Gasteiger partial charge in [0.15, 0.2) is 0 Å². The average molecular weight is 399 g/mol. The Morgan fingerprint density at radius 3 is 2.67 bits per heavy atom. The standard InChI is InChI=1S/C20H15ClN2O3S/c1-12(24)26-18-7-6-16(11-22-18)23-9-8-14-10-17(27-19(14)20(23)25)13-2-4-15(21)5-3-13/h2-7,10-11H,8-9H2,1H3. The highest BCUT2D eigenvalue weighted by atomic mass is 35.5. The van der Waals surface area contributed by atoms with Crippen molar-refractivity contribution < 1.29 is 14.3 Å². The summed E-state index contributed by atoms with van der Waals surface area (Å²) in [6, 6.07) is 13.0. The van der Waals surface area contributed by atoms with Gasteiger partial charge in [-0.05, 0) is 41.8 Å². The van der Waals surface area contributed by atoms with Crippen LogP contribution < -0.4 is 9.64 Å². The first-order valence-corrected chi connectivity index (χ1v) is 9.56. The lowest BCUT2D eigenvalue weighted by atomic mass is 10.1. The second-order valence-electron chi connectivity index (χ2n) is 6.13. The first-order chi connectivity index (χ1) is 13.0. The van der Waals surface area contributed by atoms with Crippen molar-refractivity contribution in [2.75, 3.05) is 11.4 Å². The van der Waals surface area contributed by atoms with Crippen molar-refractivity contribution in [3.05, 3.63) is 64.1 Å². The zero-order valence-electron chi connectivity index (χ0n) is 14.4. The summed E-state index contributed by atoms with van der Waals surface area (Å²) in [6.07, 6.45) is 2.33. The van der Waals surface area contributed by atoms with Gasteiger partial charge in [-0.2, -0.15) is 0 Å². The first kappa shape index (κ1) is 17.7. The largest absolute Gasteiger partial charge is 0.408 e. The number of halogens is 1. The van der Waals surface area contributed by atoms with Crippen molar-refractivity contribution in [1.29, 1.82) is 0 Å². The zero-order chi connectivity index (χ0) is 19.0. The Morgan fingerprint density at radius 1 is 1.22 bits per heavy atom. The highest BCUT2D eigenvalue weighted by molar-refractivity contribution is 7.17. The van der Waals surface area contributed by atoms with Crippen LogP contribution in [0.15, 0.2) is 48.7 Å². The number of fused-ring (bicyclic) bond motifs is 1. The van der Waals surface area contributed by atoms with Gasteiger partial charge in [0.05, 0.1) is 16.8 Å². The minimum Gasteiger partial charge on any atom is -0.408 e. The summed E-state index contributed by atoms with van der Waals surface area (Å²) in [5.74, 6) is -0.247. The lowest BCUT2D eigenvalue weighted by Crippen LogP contribution is -2.36. The van der Waals surface area contributed by atoms with Gasteiger partial charge in [0.25, 0.3) is 5.91 Å². The summed E-state index contributed by atoms with van der Waals surface area (Å²) < 4.78 is 4.94. The van der Waals surface area contributed by atoms with Gasteiger partial charge in [-0.15, -0.1) is 11.3 Å². The van der Waals surface area contributed by atoms with E-state index >= 15 is 0 Å². The van der Waals surface area contributed by atoms with E-state index in [-0.39, 0.29) is 11.8 Å². The highest BCUT2D eigenvalue weighted by Crippen LogP contribution is 2.36. The number of pyridine rings is 1. The maximum absolute atomic E-state index is 13.0. The smallest absolute Gasteiger partial charge is 0.309 e. The maximum Gasteiger partial charge on any atom is 0.309 e. The van der Waals surface area contributed by atoms with Crippen molar-refractivity contribution in [2.24, 2.45) is 0 Å². The SMILES string of the molecule is CC(=O)Oc1ccc(N2CCc3cc(-c4ccc(Cl)cc4)sc3C2=O)cn1. The molecule has 27 heavy (non-hydrogen) atoms. The number of carbonyl (C=O) groups excluding carboxylic acids is 2. The molecule has 0 unspecified atom stereocenters. The summed E-state index contributed by atoms with van der Waals surface area (Å²) in [5, 5.41) is 0.687. The van der Waals surface area contributed by atoms with Crippen LogP contribution in [0.25, 0.3) is 10.4 Å². The van der Waals surface area contributed by atoms with Crippen molar-refractivity contribution in [2.45, 2.75) is 13.3 Å². The number of amides is 1. The summed E-state index contributed by atoms with van der Waals surface area (Å²) in [7, 11) is 0. The third-order valence-corrected chi connectivity index (χ3v) is 5.73. The number of carbonyl (C=O) groups is 2. The first-order valence-electron chi connectivity index (χ1n) is 8.36. The van der Waals surface area contributed by atoms with Gasteiger partial charge in [-0.25, -0.2) is 4.98 Å². The molecule has 2 aromatic heterocycles. The van der Waals surface area contributed by atoms with E-state index in [1.807, 2.05) is 24.3 Å². The molecule has 3 heterocycles. The maximum atomic E-state index is 13.0. The Morgan fingerprint density at radius 2 is 2.00 bits per heavy atom. The predicted molar refractivity (Wildman–Crippen MR) is 106 cm³/mol. The Labute approximate surface area is 165 Å². The molecule has 4 rings (SSSR count). The van der Waals surface area contributed by atoms with Gasteiger partial charge in [0.1, 0.15) is 0 Å². The van der Waals surface area contributed by atoms with Gasteiger partial charge in [-0.1, -0.05) is 23.7 Å². The van der Waals surface area contributed by atoms with Crippen LogP contribution in [0.5, 0.6) is 5.88 Å². The average Bonchev–Trinajstić information content (AvgIpc) is 3.08. The van der Waals surface area contributed by atoms with E-state index in [4.69, 9.17) is 16.3 Å². The van der Waals surface area contributed by atoms with Gasteiger partial charge in [0.2, 0.25) is 5.88 Å². The van der Waals surface area contributed by atoms with E-state index in [1.54, 1.807) is 23.2 Å². The second-order valence-corrected chi connectivity index (χ2v) is 7.62. The minimum atomic E-state index is -0.428. The molecule has 7 heteroatoms. The number of ether oxygens (including phenoxy) is 1. The molecule has 0 radical (unpaired) electrons. The lowest BCUT2D eigenvalue weighted by molar-refractivity contribution is -0.132. The van der Waals surface area contributed by atoms with Crippen LogP contribution in [0.2, 0.25) is 5.02 Å². The van der Waals surface area contributed by atoms with Crippen molar-refractivity contribution in [3.63, 3.8) is 0 Å². The molecule has 0 aliphatic carbocycles. The molecule has 1 aliphatic heterocycles. The lowest BCUT2D eigenvalue weighted by Gasteiger charge is -2.26. The molecule has 1 amide bonds. The molecule has 1 aromatic carbocycles. The molecule has 3 aromatic rings. The monoisotopic (exact) mass is 398 g/mol. The third-order valence-electron chi connectivity index (χ3n) is 4.26. The molecule has 1 aliphatic rings. The van der Waals surface area contributed by atoms with Crippen molar-refractivity contribution in [1.82, 2.24) is 4.98 Å². The third kappa shape index (κ3) is 3.59. The number of esters is 1. The van der Waals surface area contributed by atoms with E-state index in [1.165, 1.54) is 18.3 Å². The number of nitrogens with zero attached hydrogens (tertiary/aromatic N) is 2. The van der Waals surface area contributed by atoms with E-state index < -0.39 is 5.97 Å². The van der Waals surface area contributed by atoms with E-state index in [9.17, 15) is 9.59 Å². The molecule has 0 spiro atoms. The Hall–Kier alpha value is -2.70. The summed E-state index contributed by atoms with van der Waals surface area (Å²) >= 11 is 7.45. The van der Waals surface area contributed by atoms with Crippen LogP contribution in [-0.4, -0.2) is 23.4 Å². The van der Waals surface area contributed by atoms with Crippen LogP contribution in [0, 0.1) is 0 Å². The Kier molecular flexibility index (Phi) is 4.68. The number of benzene rings is 1. The fourth-order valence-corrected chi connectivity index (χ4v) is 4.29. The minimum absolute atomic E-state index is 0.0384. The fourth-order valence-electron chi connectivity index (χ4n) is 2.99. The summed E-state index contributed by atoms with van der Waals surface area (Å²) in [5.41, 5.74) is 2.80. The number of anilines is 1. The number of thiophene rings is 1. The van der Waals surface area contributed by atoms with E-state index in [2.05, 4.69) is 11.1 Å². The van der Waals surface area contributed by atoms with Crippen LogP contribution in [0.1, 0.15) is 22.2 Å². The number of hydrogen-bond acceptors (Lipinski definition) is 5. The fraction of sp³-hybridized carbons (Fsp3) is 0.150. The number of hydrogen-bond donors (Lipinski definition) is 0. The Bertz CT molecular complexity index is 1010. The number of rotatable bonds is 3. The van der Waals surface area contributed by atoms with Crippen LogP contribution in [-0.2, 0) is 11.2 Å². The molecule has 0 atom stereocenters. The van der Waals surface area contributed by atoms with Crippen LogP contribution in [0.3, 0.4) is 0 Å². The quantitative estimate of drug-likeness (QED) is 0.605. The summed E-state index contributed by atoms with van der Waals surface area (Å²) in [6.45, 7) is 1.90. The molecule has 5 nitrogen and oxygen atoms in total. The molecule has 136 valence electrons. The van der Waals surface area contributed by atoms with Gasteiger partial charge >= 0.3 is 5.97 Å². The van der Waals surface area contributed by atoms with Gasteiger partial charge in [-0.3, -0.25) is 9.59 Å². The second kappa shape index (κ2) is 7.13.